The molecule has 0 N–H and O–H groups in total. The lowest BCUT2D eigenvalue weighted by molar-refractivity contribution is 0.0926. The number of amides is 2. The summed E-state index contributed by atoms with van der Waals surface area (Å²) < 4.78 is 6.84. The van der Waals surface area contributed by atoms with E-state index in [2.05, 4.69) is 147 Å². The Kier molecular flexibility index (Phi) is 7.22. The van der Waals surface area contributed by atoms with Gasteiger partial charge in [-0.2, -0.15) is 0 Å². The Hall–Kier alpha value is -8.48. The summed E-state index contributed by atoms with van der Waals surface area (Å²) in [6.07, 6.45) is 0. The molecule has 3 aromatic heterocycles. The molecule has 62 heavy (non-hydrogen) atoms. The van der Waals surface area contributed by atoms with Crippen LogP contribution < -0.4 is 4.90 Å². The van der Waals surface area contributed by atoms with Crippen molar-refractivity contribution >= 4 is 82.9 Å². The Morgan fingerprint density at radius 1 is 0.290 bits per heavy atom. The molecular weight excluding hydrogens is 761 g/mol. The van der Waals surface area contributed by atoms with E-state index in [0.29, 0.717) is 22.5 Å². The number of nitrogens with zero attached hydrogens (tertiary/aromatic N) is 4. The Labute approximate surface area is 355 Å². The van der Waals surface area contributed by atoms with E-state index in [4.69, 9.17) is 0 Å². The van der Waals surface area contributed by atoms with Crippen molar-refractivity contribution in [2.24, 2.45) is 0 Å². The molecule has 290 valence electrons. The predicted octanol–water partition coefficient (Wildman–Crippen LogP) is 13.4. The van der Waals surface area contributed by atoms with Crippen molar-refractivity contribution in [2.75, 3.05) is 4.90 Å². The van der Waals surface area contributed by atoms with Gasteiger partial charge >= 0.3 is 0 Å². The van der Waals surface area contributed by atoms with Gasteiger partial charge in [0.2, 0.25) is 0 Å². The lowest BCUT2D eigenvalue weighted by Crippen LogP contribution is -2.29. The quantitative estimate of drug-likeness (QED) is 0.163. The first kappa shape index (κ1) is 34.4. The summed E-state index contributed by atoms with van der Waals surface area (Å²) in [4.78, 5) is 30.9. The molecule has 0 spiro atoms. The summed E-state index contributed by atoms with van der Waals surface area (Å²) in [7, 11) is 0. The van der Waals surface area contributed by atoms with Gasteiger partial charge in [-0.15, -0.1) is 0 Å². The van der Waals surface area contributed by atoms with Crippen LogP contribution in [0.2, 0.25) is 0 Å². The van der Waals surface area contributed by atoms with Gasteiger partial charge < -0.3 is 13.7 Å². The van der Waals surface area contributed by atoms with Crippen LogP contribution in [0.15, 0.2) is 206 Å². The van der Waals surface area contributed by atoms with Crippen molar-refractivity contribution in [3.63, 3.8) is 0 Å². The molecule has 13 rings (SSSR count). The summed E-state index contributed by atoms with van der Waals surface area (Å²) in [5.41, 5.74) is 12.2. The zero-order valence-electron chi connectivity index (χ0n) is 33.2. The first-order chi connectivity index (χ1) is 30.6. The highest BCUT2D eigenvalue weighted by Gasteiger charge is 2.39. The molecule has 6 heteroatoms. The fourth-order valence-corrected chi connectivity index (χ4v) is 10.1. The van der Waals surface area contributed by atoms with Crippen LogP contribution in [0.5, 0.6) is 0 Å². The van der Waals surface area contributed by atoms with Crippen molar-refractivity contribution in [1.29, 1.82) is 0 Å². The maximum absolute atomic E-state index is 15.0. The number of benzene rings is 9. The zero-order chi connectivity index (χ0) is 41.1. The molecule has 12 aromatic rings. The summed E-state index contributed by atoms with van der Waals surface area (Å²) in [6.45, 7) is 0. The average molecular weight is 795 g/mol. The largest absolute Gasteiger partial charge is 0.309 e. The third kappa shape index (κ3) is 4.80. The monoisotopic (exact) mass is 794 g/mol. The number of para-hydroxylation sites is 4. The van der Waals surface area contributed by atoms with Crippen LogP contribution in [-0.2, 0) is 0 Å². The maximum atomic E-state index is 15.0. The molecule has 4 heterocycles. The molecule has 0 atom stereocenters. The second-order valence-electron chi connectivity index (χ2n) is 16.0. The SMILES string of the molecule is O=C1c2cccc(-n3c4cc(-n5c6ccccc6c6ccccc65)ccc4c4ccc(-n5c6ccccc6c6ccccc65)cc43)c2C(=O)N1c1cccc(-c2ccccc2)c1. The van der Waals surface area contributed by atoms with Gasteiger partial charge in [0.25, 0.3) is 11.8 Å². The second-order valence-corrected chi connectivity index (χ2v) is 16.0. The lowest BCUT2D eigenvalue weighted by atomic mass is 10.0. The third-order valence-electron chi connectivity index (χ3n) is 12.8. The van der Waals surface area contributed by atoms with Gasteiger partial charge in [0.15, 0.2) is 0 Å². The number of carbonyl (C=O) groups is 2. The van der Waals surface area contributed by atoms with Gasteiger partial charge in [0.05, 0.1) is 55.6 Å². The molecule has 1 aliphatic heterocycles. The highest BCUT2D eigenvalue weighted by atomic mass is 16.2. The topological polar surface area (TPSA) is 52.2 Å². The van der Waals surface area contributed by atoms with E-state index < -0.39 is 0 Å². The van der Waals surface area contributed by atoms with Crippen molar-refractivity contribution < 1.29 is 9.59 Å². The Bertz CT molecular complexity index is 3590. The van der Waals surface area contributed by atoms with Crippen LogP contribution >= 0.6 is 0 Å². The van der Waals surface area contributed by atoms with E-state index in [9.17, 15) is 4.79 Å². The molecule has 0 aliphatic carbocycles. The zero-order valence-corrected chi connectivity index (χ0v) is 33.2. The van der Waals surface area contributed by atoms with Crippen LogP contribution in [0.4, 0.5) is 5.69 Å². The number of anilines is 1. The Morgan fingerprint density at radius 3 is 1.27 bits per heavy atom. The van der Waals surface area contributed by atoms with Crippen molar-refractivity contribution in [3.05, 3.63) is 217 Å². The van der Waals surface area contributed by atoms with Crippen LogP contribution in [0.3, 0.4) is 0 Å². The van der Waals surface area contributed by atoms with E-state index >= 15 is 4.79 Å². The number of hydrogen-bond donors (Lipinski definition) is 0. The standard InChI is InChI=1S/C56H34N4O2/c61-55-46-22-13-27-51(54(46)56(62)59(55)37-17-12-16-36(32-37)35-14-2-1-3-15-35)60-52-33-38(57-47-23-8-4-18-40(47)41-19-5-9-24-48(41)57)28-30-44(52)45-31-29-39(34-53(45)60)58-49-25-10-6-20-42(49)43-21-7-11-26-50(43)58/h1-34H. The molecule has 9 aromatic carbocycles. The summed E-state index contributed by atoms with van der Waals surface area (Å²) in [5, 5.41) is 6.81. The lowest BCUT2D eigenvalue weighted by Gasteiger charge is -2.16. The van der Waals surface area contributed by atoms with E-state index in [0.717, 1.165) is 66.4 Å². The van der Waals surface area contributed by atoms with E-state index in [1.165, 1.54) is 26.4 Å². The maximum Gasteiger partial charge on any atom is 0.268 e. The highest BCUT2D eigenvalue weighted by molar-refractivity contribution is 6.36. The molecular formula is C56H34N4O2. The molecule has 0 saturated heterocycles. The molecule has 0 radical (unpaired) electrons. The van der Waals surface area contributed by atoms with Crippen LogP contribution in [0, 0.1) is 0 Å². The van der Waals surface area contributed by atoms with Crippen LogP contribution in [0.25, 0.3) is 93.6 Å². The molecule has 6 nitrogen and oxygen atoms in total. The molecule has 0 saturated carbocycles. The first-order valence-corrected chi connectivity index (χ1v) is 20.9. The van der Waals surface area contributed by atoms with Crippen molar-refractivity contribution in [3.8, 4) is 28.2 Å². The molecule has 0 bridgehead atoms. The number of hydrogen-bond acceptors (Lipinski definition) is 2. The third-order valence-corrected chi connectivity index (χ3v) is 12.8. The van der Waals surface area contributed by atoms with Gasteiger partial charge in [0, 0.05) is 43.7 Å². The summed E-state index contributed by atoms with van der Waals surface area (Å²) in [6, 6.07) is 70.7. The number of imide groups is 1. The van der Waals surface area contributed by atoms with Gasteiger partial charge in [0.1, 0.15) is 0 Å². The van der Waals surface area contributed by atoms with Gasteiger partial charge in [-0.1, -0.05) is 133 Å². The van der Waals surface area contributed by atoms with Crippen molar-refractivity contribution in [2.45, 2.75) is 0 Å². The minimum atomic E-state index is -0.349. The van der Waals surface area contributed by atoms with Crippen molar-refractivity contribution in [1.82, 2.24) is 13.7 Å². The predicted molar refractivity (Wildman–Crippen MR) is 252 cm³/mol. The smallest absolute Gasteiger partial charge is 0.268 e. The summed E-state index contributed by atoms with van der Waals surface area (Å²) in [5.74, 6) is -0.687. The van der Waals surface area contributed by atoms with E-state index in [1.807, 2.05) is 66.7 Å². The number of fused-ring (bicyclic) bond motifs is 10. The number of rotatable bonds is 5. The molecule has 0 unspecified atom stereocenters. The minimum absolute atomic E-state index is 0.338. The molecule has 0 fully saturated rings. The van der Waals surface area contributed by atoms with Gasteiger partial charge in [-0.25, -0.2) is 4.90 Å². The van der Waals surface area contributed by atoms with Crippen LogP contribution in [-0.4, -0.2) is 25.5 Å². The number of carbonyl (C=O) groups excluding carboxylic acids is 2. The fraction of sp³-hybridized carbons (Fsp3) is 0. The molecule has 1 aliphatic rings. The Balaban J connectivity index is 1.08. The fourth-order valence-electron chi connectivity index (χ4n) is 10.1. The highest BCUT2D eigenvalue weighted by Crippen LogP contribution is 2.42. The van der Waals surface area contributed by atoms with Gasteiger partial charge in [-0.3, -0.25) is 9.59 Å². The first-order valence-electron chi connectivity index (χ1n) is 20.9. The normalized spacial score (nSPS) is 12.9. The van der Waals surface area contributed by atoms with Gasteiger partial charge in [-0.05, 0) is 83.9 Å². The molecule has 2 amide bonds. The average Bonchev–Trinajstić information content (AvgIpc) is 4.03. The summed E-state index contributed by atoms with van der Waals surface area (Å²) >= 11 is 0. The van der Waals surface area contributed by atoms with E-state index in [1.54, 1.807) is 6.07 Å². The Morgan fingerprint density at radius 2 is 0.742 bits per heavy atom. The second kappa shape index (κ2) is 13.0. The van der Waals surface area contributed by atoms with Crippen LogP contribution in [0.1, 0.15) is 20.7 Å². The minimum Gasteiger partial charge on any atom is -0.309 e. The number of aromatic nitrogens is 3. The van der Waals surface area contributed by atoms with E-state index in [-0.39, 0.29) is 11.8 Å².